The zero-order valence-electron chi connectivity index (χ0n) is 19.5. The summed E-state index contributed by atoms with van der Waals surface area (Å²) in [6, 6.07) is 9.26. The molecule has 5 heteroatoms. The number of hydrogen-bond acceptors (Lipinski definition) is 5. The fraction of sp³-hybridized carbons (Fsp3) is 0.519. The second kappa shape index (κ2) is 6.98. The van der Waals surface area contributed by atoms with Gasteiger partial charge in [-0.3, -0.25) is 0 Å². The summed E-state index contributed by atoms with van der Waals surface area (Å²) in [5.74, 6) is 2.14. The van der Waals surface area contributed by atoms with Gasteiger partial charge in [-0.05, 0) is 85.3 Å². The Morgan fingerprint density at radius 3 is 2.47 bits per heavy atom. The fourth-order valence-electron chi connectivity index (χ4n) is 6.61. The third-order valence-corrected chi connectivity index (χ3v) is 8.51. The van der Waals surface area contributed by atoms with E-state index in [9.17, 15) is 9.90 Å². The fourth-order valence-corrected chi connectivity index (χ4v) is 6.61. The van der Waals surface area contributed by atoms with Crippen LogP contribution < -0.4 is 15.1 Å². The molecule has 1 aromatic heterocycles. The highest BCUT2D eigenvalue weighted by molar-refractivity contribution is 5.69. The Morgan fingerprint density at radius 1 is 1.06 bits per heavy atom. The smallest absolute Gasteiger partial charge is 0.347 e. The molecule has 1 aromatic carbocycles. The van der Waals surface area contributed by atoms with Crippen LogP contribution >= 0.6 is 0 Å². The first-order valence-corrected chi connectivity index (χ1v) is 11.5. The summed E-state index contributed by atoms with van der Waals surface area (Å²) >= 11 is 0. The molecule has 1 N–H and O–H groups in total. The van der Waals surface area contributed by atoms with Crippen molar-refractivity contribution in [2.45, 2.75) is 65.1 Å². The number of hydrogen-bond donors (Lipinski definition) is 1. The molecule has 5 rings (SSSR count). The van der Waals surface area contributed by atoms with Crippen molar-refractivity contribution in [1.82, 2.24) is 0 Å². The van der Waals surface area contributed by atoms with Crippen LogP contribution in [0.3, 0.4) is 0 Å². The first kappa shape index (κ1) is 21.3. The molecule has 1 aliphatic heterocycles. The van der Waals surface area contributed by atoms with Gasteiger partial charge in [0.15, 0.2) is 0 Å². The van der Waals surface area contributed by atoms with Crippen molar-refractivity contribution in [3.05, 3.63) is 51.9 Å². The van der Waals surface area contributed by atoms with E-state index in [1.165, 1.54) is 5.57 Å². The minimum absolute atomic E-state index is 0.130. The maximum Gasteiger partial charge on any atom is 0.347 e. The van der Waals surface area contributed by atoms with Gasteiger partial charge in [-0.25, -0.2) is 4.79 Å². The van der Waals surface area contributed by atoms with Crippen LogP contribution in [0.4, 0.5) is 0 Å². The van der Waals surface area contributed by atoms with Crippen LogP contribution in [0.2, 0.25) is 0 Å². The maximum atomic E-state index is 13.0. The molecule has 2 aromatic rings. The van der Waals surface area contributed by atoms with Crippen molar-refractivity contribution in [3.8, 4) is 22.8 Å². The molecular weight excluding hydrogens is 404 g/mol. The monoisotopic (exact) mass is 436 g/mol. The third kappa shape index (κ3) is 2.97. The van der Waals surface area contributed by atoms with Gasteiger partial charge in [0.2, 0.25) is 0 Å². The van der Waals surface area contributed by atoms with Crippen LogP contribution in [0.25, 0.3) is 17.4 Å². The lowest BCUT2D eigenvalue weighted by atomic mass is 9.46. The van der Waals surface area contributed by atoms with Gasteiger partial charge in [-0.2, -0.15) is 0 Å². The number of aliphatic hydroxyl groups is 1. The summed E-state index contributed by atoms with van der Waals surface area (Å²) in [6.45, 7) is 8.78. The number of methoxy groups -OCH3 is 1. The van der Waals surface area contributed by atoms with Crippen molar-refractivity contribution in [3.63, 3.8) is 0 Å². The molecule has 3 aliphatic rings. The molecular formula is C27H32O5. The van der Waals surface area contributed by atoms with Crippen molar-refractivity contribution in [2.75, 3.05) is 7.11 Å². The Labute approximate surface area is 189 Å². The van der Waals surface area contributed by atoms with Crippen molar-refractivity contribution in [2.24, 2.45) is 16.7 Å². The van der Waals surface area contributed by atoms with Crippen LogP contribution in [0.5, 0.6) is 11.5 Å². The second-order valence-corrected chi connectivity index (χ2v) is 10.7. The lowest BCUT2D eigenvalue weighted by molar-refractivity contribution is -0.115. The molecule has 0 saturated heterocycles. The normalized spacial score (nSPS) is 32.6. The van der Waals surface area contributed by atoms with Gasteiger partial charge in [0.25, 0.3) is 0 Å². The summed E-state index contributed by atoms with van der Waals surface area (Å²) in [6.07, 6.45) is 5.20. The molecule has 0 spiro atoms. The summed E-state index contributed by atoms with van der Waals surface area (Å²) in [7, 11) is 1.62. The SMILES string of the molecule is COc1ccc(-c2cc3c(c(=O)o2)C=C2[C@@](C)(CC[C@H]4C(C)(C)[C@@H](O)CC[C@]24C)O3)cc1. The summed E-state index contributed by atoms with van der Waals surface area (Å²) in [5, 5.41) is 10.7. The van der Waals surface area contributed by atoms with Gasteiger partial charge in [0.05, 0.1) is 13.2 Å². The maximum absolute atomic E-state index is 13.0. The van der Waals surface area contributed by atoms with Crippen LogP contribution in [0.15, 0.2) is 45.1 Å². The molecule has 32 heavy (non-hydrogen) atoms. The topological polar surface area (TPSA) is 68.9 Å². The van der Waals surface area contributed by atoms with Crippen molar-refractivity contribution < 1.29 is 19.0 Å². The Bertz CT molecular complexity index is 1140. The van der Waals surface area contributed by atoms with E-state index < -0.39 is 5.60 Å². The Hall–Kier alpha value is -2.53. The molecule has 0 bridgehead atoms. The third-order valence-electron chi connectivity index (χ3n) is 8.51. The quantitative estimate of drug-likeness (QED) is 0.678. The zero-order chi connectivity index (χ0) is 22.9. The second-order valence-electron chi connectivity index (χ2n) is 10.7. The molecule has 2 heterocycles. The van der Waals surface area contributed by atoms with E-state index in [0.29, 0.717) is 23.0 Å². The summed E-state index contributed by atoms with van der Waals surface area (Å²) in [4.78, 5) is 13.0. The van der Waals surface area contributed by atoms with E-state index in [-0.39, 0.29) is 22.6 Å². The number of fused-ring (bicyclic) bond motifs is 4. The first-order valence-electron chi connectivity index (χ1n) is 11.5. The van der Waals surface area contributed by atoms with Gasteiger partial charge in [-0.15, -0.1) is 0 Å². The Kier molecular flexibility index (Phi) is 4.65. The van der Waals surface area contributed by atoms with Gasteiger partial charge in [-0.1, -0.05) is 20.8 Å². The Morgan fingerprint density at radius 2 is 1.78 bits per heavy atom. The molecule has 2 aliphatic carbocycles. The van der Waals surface area contributed by atoms with Gasteiger partial charge < -0.3 is 19.0 Å². The minimum atomic E-state index is -0.471. The summed E-state index contributed by atoms with van der Waals surface area (Å²) in [5.41, 5.74) is 1.28. The number of aliphatic hydroxyl groups excluding tert-OH is 1. The lowest BCUT2D eigenvalue weighted by Crippen LogP contribution is -2.58. The highest BCUT2D eigenvalue weighted by Gasteiger charge is 2.59. The number of rotatable bonds is 2. The van der Waals surface area contributed by atoms with E-state index in [1.54, 1.807) is 7.11 Å². The van der Waals surface area contributed by atoms with Gasteiger partial charge in [0.1, 0.15) is 28.4 Å². The average Bonchev–Trinajstić information content (AvgIpc) is 2.75. The molecule has 2 fully saturated rings. The molecule has 0 radical (unpaired) electrons. The Balaban J connectivity index is 1.60. The molecule has 2 saturated carbocycles. The van der Waals surface area contributed by atoms with Crippen LogP contribution in [-0.4, -0.2) is 23.9 Å². The minimum Gasteiger partial charge on any atom is -0.497 e. The first-order chi connectivity index (χ1) is 15.1. The highest BCUT2D eigenvalue weighted by Crippen LogP contribution is 2.63. The summed E-state index contributed by atoms with van der Waals surface area (Å²) < 4.78 is 17.5. The predicted octanol–water partition coefficient (Wildman–Crippen LogP) is 5.45. The molecule has 170 valence electrons. The van der Waals surface area contributed by atoms with Crippen molar-refractivity contribution in [1.29, 1.82) is 0 Å². The van der Waals surface area contributed by atoms with E-state index in [1.807, 2.05) is 36.4 Å². The molecule has 0 amide bonds. The molecule has 4 atom stereocenters. The van der Waals surface area contributed by atoms with Crippen LogP contribution in [-0.2, 0) is 0 Å². The van der Waals surface area contributed by atoms with E-state index in [2.05, 4.69) is 27.7 Å². The lowest BCUT2D eigenvalue weighted by Gasteiger charge is -2.61. The van der Waals surface area contributed by atoms with E-state index >= 15 is 0 Å². The van der Waals surface area contributed by atoms with Crippen molar-refractivity contribution >= 4 is 6.08 Å². The van der Waals surface area contributed by atoms with E-state index in [4.69, 9.17) is 13.9 Å². The predicted molar refractivity (Wildman–Crippen MR) is 124 cm³/mol. The van der Waals surface area contributed by atoms with Gasteiger partial charge >= 0.3 is 5.63 Å². The van der Waals surface area contributed by atoms with Gasteiger partial charge in [0, 0.05) is 11.6 Å². The van der Waals surface area contributed by atoms with Crippen LogP contribution in [0, 0.1) is 16.7 Å². The molecule has 0 unspecified atom stereocenters. The average molecular weight is 437 g/mol. The van der Waals surface area contributed by atoms with Crippen LogP contribution in [0.1, 0.15) is 58.9 Å². The standard InChI is InChI=1S/C27H32O5/c1-25(2)21-10-13-27(4)22(26(21,3)12-11-23(25)28)14-18-20(32-27)15-19(31-24(18)29)16-6-8-17(30-5)9-7-16/h6-9,14-15,21,23,28H,10-13H2,1-5H3/t21-,23-,26-,27+/m0/s1. The van der Waals surface area contributed by atoms with E-state index in [0.717, 1.165) is 37.0 Å². The molecule has 5 nitrogen and oxygen atoms in total. The number of benzene rings is 1. The zero-order valence-corrected chi connectivity index (χ0v) is 19.5. The largest absolute Gasteiger partial charge is 0.497 e. The highest BCUT2D eigenvalue weighted by atomic mass is 16.5. The number of ether oxygens (including phenoxy) is 2.